The SMILES string of the molecule is N#Cc1ccc(-c2ccc(-c3ccccn3)cc2-c2ccc(-c3ccccc3)cc2)c(-c2cc(CCc3ccc(-c4ccccn4)cc3)cc(CCc3ccc(-c4ccccn4)cc3)c2)c1. The molecule has 0 unspecified atom stereocenters. The van der Waals surface area contributed by atoms with Crippen LogP contribution in [-0.2, 0) is 25.7 Å². The third-order valence-electron chi connectivity index (χ3n) is 12.3. The van der Waals surface area contributed by atoms with Crippen LogP contribution in [0, 0.1) is 11.3 Å². The van der Waals surface area contributed by atoms with Crippen LogP contribution >= 0.6 is 0 Å². The second kappa shape index (κ2) is 19.5. The normalized spacial score (nSPS) is 11.0. The number of benzene rings is 7. The molecule has 0 amide bonds. The van der Waals surface area contributed by atoms with Gasteiger partial charge in [-0.05, 0) is 147 Å². The number of nitrogens with zero attached hydrogens (tertiary/aromatic N) is 4. The van der Waals surface area contributed by atoms with Crippen molar-refractivity contribution in [3.05, 3.63) is 259 Å². The van der Waals surface area contributed by atoms with Crippen molar-refractivity contribution in [3.63, 3.8) is 0 Å². The molecule has 314 valence electrons. The highest BCUT2D eigenvalue weighted by Crippen LogP contribution is 2.42. The van der Waals surface area contributed by atoms with Crippen LogP contribution in [0.2, 0.25) is 0 Å². The van der Waals surface area contributed by atoms with Gasteiger partial charge in [0.05, 0.1) is 28.7 Å². The number of aromatic nitrogens is 3. The highest BCUT2D eigenvalue weighted by atomic mass is 14.7. The average molecular weight is 847 g/mol. The summed E-state index contributed by atoms with van der Waals surface area (Å²) in [4.78, 5) is 13.8. The first-order valence-corrected chi connectivity index (χ1v) is 22.5. The molecular weight excluding hydrogens is 801 g/mol. The summed E-state index contributed by atoms with van der Waals surface area (Å²) in [5.41, 5.74) is 20.7. The van der Waals surface area contributed by atoms with Crippen LogP contribution in [0.25, 0.3) is 78.3 Å². The Morgan fingerprint density at radius 1 is 0.288 bits per heavy atom. The lowest BCUT2D eigenvalue weighted by atomic mass is 9.85. The number of pyridine rings is 3. The Labute approximate surface area is 387 Å². The molecule has 3 heterocycles. The average Bonchev–Trinajstić information content (AvgIpc) is 3.40. The Balaban J connectivity index is 1.04. The van der Waals surface area contributed by atoms with Gasteiger partial charge in [-0.1, -0.05) is 158 Å². The first-order chi connectivity index (χ1) is 32.6. The molecule has 4 heteroatoms. The van der Waals surface area contributed by atoms with Crippen molar-refractivity contribution in [2.75, 3.05) is 0 Å². The molecule has 7 aromatic carbocycles. The first kappa shape index (κ1) is 41.5. The maximum Gasteiger partial charge on any atom is 0.0991 e. The van der Waals surface area contributed by atoms with E-state index in [2.05, 4.69) is 168 Å². The van der Waals surface area contributed by atoms with E-state index in [0.717, 1.165) is 92.8 Å². The quantitative estimate of drug-likeness (QED) is 0.116. The van der Waals surface area contributed by atoms with Gasteiger partial charge in [0.15, 0.2) is 0 Å². The molecule has 10 aromatic rings. The zero-order valence-electron chi connectivity index (χ0n) is 36.6. The molecule has 10 rings (SSSR count). The maximum atomic E-state index is 10.3. The van der Waals surface area contributed by atoms with Crippen LogP contribution in [-0.4, -0.2) is 15.0 Å². The van der Waals surface area contributed by atoms with Gasteiger partial charge in [0, 0.05) is 35.3 Å². The predicted octanol–water partition coefficient (Wildman–Crippen LogP) is 15.0. The van der Waals surface area contributed by atoms with Crippen LogP contribution in [0.4, 0.5) is 0 Å². The number of hydrogen-bond acceptors (Lipinski definition) is 4. The van der Waals surface area contributed by atoms with Crippen LogP contribution in [0.3, 0.4) is 0 Å². The van der Waals surface area contributed by atoms with E-state index in [0.29, 0.717) is 5.56 Å². The third kappa shape index (κ3) is 9.53. The zero-order chi connectivity index (χ0) is 44.5. The lowest BCUT2D eigenvalue weighted by molar-refractivity contribution is 0.931. The van der Waals surface area contributed by atoms with Gasteiger partial charge in [-0.3, -0.25) is 15.0 Å². The van der Waals surface area contributed by atoms with Crippen LogP contribution in [0.15, 0.2) is 231 Å². The molecule has 0 atom stereocenters. The van der Waals surface area contributed by atoms with Gasteiger partial charge in [-0.2, -0.15) is 5.26 Å². The van der Waals surface area contributed by atoms with Crippen LogP contribution < -0.4 is 0 Å². The highest BCUT2D eigenvalue weighted by molar-refractivity contribution is 5.94. The van der Waals surface area contributed by atoms with Gasteiger partial charge < -0.3 is 0 Å². The molecule has 4 nitrogen and oxygen atoms in total. The largest absolute Gasteiger partial charge is 0.256 e. The lowest BCUT2D eigenvalue weighted by Gasteiger charge is -2.18. The van der Waals surface area contributed by atoms with Crippen LogP contribution in [0.5, 0.6) is 0 Å². The molecule has 0 aliphatic heterocycles. The number of hydrogen-bond donors (Lipinski definition) is 0. The minimum atomic E-state index is 0.626. The number of aryl methyl sites for hydroxylation is 4. The summed E-state index contributed by atoms with van der Waals surface area (Å²) in [6, 6.07) is 77.3. The second-order valence-electron chi connectivity index (χ2n) is 16.7. The van der Waals surface area contributed by atoms with E-state index in [1.807, 2.05) is 79.3 Å². The molecule has 0 saturated heterocycles. The fraction of sp³-hybridized carbons (Fsp3) is 0.0645. The smallest absolute Gasteiger partial charge is 0.0991 e. The second-order valence-corrected chi connectivity index (χ2v) is 16.7. The van der Waals surface area contributed by atoms with Crippen molar-refractivity contribution in [1.82, 2.24) is 15.0 Å². The molecule has 0 saturated carbocycles. The Morgan fingerprint density at radius 3 is 1.23 bits per heavy atom. The fourth-order valence-electron chi connectivity index (χ4n) is 8.81. The van der Waals surface area contributed by atoms with E-state index in [1.165, 1.54) is 33.4 Å². The third-order valence-corrected chi connectivity index (χ3v) is 12.3. The van der Waals surface area contributed by atoms with Crippen molar-refractivity contribution in [2.45, 2.75) is 25.7 Å². The summed E-state index contributed by atoms with van der Waals surface area (Å²) in [5.74, 6) is 0. The predicted molar refractivity (Wildman–Crippen MR) is 270 cm³/mol. The first-order valence-electron chi connectivity index (χ1n) is 22.5. The monoisotopic (exact) mass is 846 g/mol. The lowest BCUT2D eigenvalue weighted by Crippen LogP contribution is -1.98. The van der Waals surface area contributed by atoms with Crippen molar-refractivity contribution >= 4 is 0 Å². The van der Waals surface area contributed by atoms with Gasteiger partial charge in [-0.25, -0.2) is 0 Å². The zero-order valence-corrected chi connectivity index (χ0v) is 36.6. The van der Waals surface area contributed by atoms with Crippen molar-refractivity contribution in [1.29, 1.82) is 5.26 Å². The molecule has 0 radical (unpaired) electrons. The van der Waals surface area contributed by atoms with Gasteiger partial charge in [-0.15, -0.1) is 0 Å². The van der Waals surface area contributed by atoms with Crippen molar-refractivity contribution in [3.8, 4) is 84.3 Å². The number of nitriles is 1. The van der Waals surface area contributed by atoms with E-state index >= 15 is 0 Å². The minimum absolute atomic E-state index is 0.626. The minimum Gasteiger partial charge on any atom is -0.256 e. The molecule has 0 fully saturated rings. The Bertz CT molecular complexity index is 3150. The molecule has 0 aliphatic rings. The van der Waals surface area contributed by atoms with Gasteiger partial charge in [0.1, 0.15) is 0 Å². The highest BCUT2D eigenvalue weighted by Gasteiger charge is 2.17. The molecule has 3 aromatic heterocycles. The van der Waals surface area contributed by atoms with E-state index in [-0.39, 0.29) is 0 Å². The molecule has 0 N–H and O–H groups in total. The summed E-state index contributed by atoms with van der Waals surface area (Å²) < 4.78 is 0. The summed E-state index contributed by atoms with van der Waals surface area (Å²) >= 11 is 0. The van der Waals surface area contributed by atoms with Gasteiger partial charge in [0.25, 0.3) is 0 Å². The van der Waals surface area contributed by atoms with Crippen molar-refractivity contribution in [2.24, 2.45) is 0 Å². The van der Waals surface area contributed by atoms with E-state index in [1.54, 1.807) is 0 Å². The van der Waals surface area contributed by atoms with E-state index in [4.69, 9.17) is 4.98 Å². The summed E-state index contributed by atoms with van der Waals surface area (Å²) in [6.45, 7) is 0. The van der Waals surface area contributed by atoms with Crippen LogP contribution in [0.1, 0.15) is 27.8 Å². The number of rotatable bonds is 13. The summed E-state index contributed by atoms with van der Waals surface area (Å²) in [5, 5.41) is 10.3. The summed E-state index contributed by atoms with van der Waals surface area (Å²) in [7, 11) is 0. The topological polar surface area (TPSA) is 62.5 Å². The van der Waals surface area contributed by atoms with Crippen molar-refractivity contribution < 1.29 is 0 Å². The molecule has 66 heavy (non-hydrogen) atoms. The van der Waals surface area contributed by atoms with E-state index in [9.17, 15) is 5.26 Å². The Hall–Kier alpha value is -8.52. The fourth-order valence-corrected chi connectivity index (χ4v) is 8.81. The molecule has 0 bridgehead atoms. The Kier molecular flexibility index (Phi) is 12.2. The molecular formula is C62H46N4. The van der Waals surface area contributed by atoms with Gasteiger partial charge >= 0.3 is 0 Å². The molecule has 0 aliphatic carbocycles. The standard InChI is InChI=1S/C62H46N4/c63-43-48-23-33-56(57-34-32-54(62-14-6-9-37-66-62)42-59(57)51-30-28-50(29-31-51)49-10-2-1-3-11-49)58(41-48)55-39-46(17-15-44-19-24-52(25-20-44)60-12-4-7-35-64-60)38-47(40-55)18-16-45-21-26-53(27-22-45)61-13-5-8-36-65-61/h1-14,19-42H,15-18H2. The van der Waals surface area contributed by atoms with E-state index < -0.39 is 0 Å². The summed E-state index contributed by atoms with van der Waals surface area (Å²) in [6.07, 6.45) is 9.04. The van der Waals surface area contributed by atoms with Gasteiger partial charge in [0.2, 0.25) is 0 Å². The maximum absolute atomic E-state index is 10.3. The molecule has 0 spiro atoms. The Morgan fingerprint density at radius 2 is 0.712 bits per heavy atom.